The van der Waals surface area contributed by atoms with Gasteiger partial charge in [-0.3, -0.25) is 19.8 Å². The van der Waals surface area contributed by atoms with Crippen molar-refractivity contribution in [3.05, 3.63) is 87.5 Å². The fourth-order valence-corrected chi connectivity index (χ4v) is 3.97. The van der Waals surface area contributed by atoms with E-state index >= 15 is 0 Å². The second-order valence-corrected chi connectivity index (χ2v) is 8.80. The largest absolute Gasteiger partial charge is 0.494 e. The van der Waals surface area contributed by atoms with Gasteiger partial charge in [0.15, 0.2) is 0 Å². The van der Waals surface area contributed by atoms with Crippen LogP contribution in [0.3, 0.4) is 0 Å². The number of amides is 3. The third-order valence-electron chi connectivity index (χ3n) is 5.62. The summed E-state index contributed by atoms with van der Waals surface area (Å²) < 4.78 is 6.67. The maximum Gasteiger partial charge on any atom is 0.328 e. The van der Waals surface area contributed by atoms with Crippen LogP contribution < -0.4 is 20.8 Å². The van der Waals surface area contributed by atoms with Gasteiger partial charge >= 0.3 is 11.8 Å². The standard InChI is InChI=1S/C26H22Cl2N4O4/c1-14-10-11-17(12-15(14)2)29-24(33)20-13-16-6-4-9-21(36-3)23(16)32(20)31-26(35)25(34)30-19-8-5-7-18(27)22(19)28/h4-13H,1-3H3,(H,29,33)(H,30,34)(H,31,35). The van der Waals surface area contributed by atoms with Crippen LogP contribution in [0.1, 0.15) is 21.6 Å². The van der Waals surface area contributed by atoms with E-state index in [-0.39, 0.29) is 21.4 Å². The monoisotopic (exact) mass is 524 g/mol. The molecule has 1 aromatic heterocycles. The molecule has 0 atom stereocenters. The Hall–Kier alpha value is -4.01. The quantitative estimate of drug-likeness (QED) is 0.298. The van der Waals surface area contributed by atoms with E-state index < -0.39 is 17.7 Å². The van der Waals surface area contributed by atoms with Gasteiger partial charge in [0.2, 0.25) is 0 Å². The zero-order valence-corrected chi connectivity index (χ0v) is 21.1. The number of anilines is 2. The van der Waals surface area contributed by atoms with Gasteiger partial charge in [0, 0.05) is 11.1 Å². The molecule has 0 saturated carbocycles. The Bertz CT molecular complexity index is 1510. The highest BCUT2D eigenvalue weighted by Crippen LogP contribution is 2.30. The van der Waals surface area contributed by atoms with Gasteiger partial charge in [-0.25, -0.2) is 4.68 Å². The number of hydrogen-bond donors (Lipinski definition) is 3. The molecule has 0 radical (unpaired) electrons. The average molecular weight is 525 g/mol. The van der Waals surface area contributed by atoms with Crippen LogP contribution in [0.4, 0.5) is 11.4 Å². The van der Waals surface area contributed by atoms with E-state index in [1.54, 1.807) is 42.5 Å². The lowest BCUT2D eigenvalue weighted by Gasteiger charge is -2.14. The van der Waals surface area contributed by atoms with Crippen molar-refractivity contribution in [3.63, 3.8) is 0 Å². The van der Waals surface area contributed by atoms with Crippen molar-refractivity contribution >= 4 is 63.2 Å². The van der Waals surface area contributed by atoms with Crippen LogP contribution in [0.15, 0.2) is 60.7 Å². The summed E-state index contributed by atoms with van der Waals surface area (Å²) in [4.78, 5) is 38.8. The molecular formula is C26H22Cl2N4O4. The number of ether oxygens (including phenoxy) is 1. The van der Waals surface area contributed by atoms with Crippen LogP contribution >= 0.6 is 23.2 Å². The Labute approximate surface area is 217 Å². The molecule has 4 rings (SSSR count). The molecule has 0 saturated heterocycles. The Morgan fingerprint density at radius 3 is 2.33 bits per heavy atom. The van der Waals surface area contributed by atoms with Crippen LogP contribution in [-0.2, 0) is 9.59 Å². The number of fused-ring (bicyclic) bond motifs is 1. The second-order valence-electron chi connectivity index (χ2n) is 8.01. The van der Waals surface area contributed by atoms with E-state index in [4.69, 9.17) is 27.9 Å². The van der Waals surface area contributed by atoms with E-state index in [2.05, 4.69) is 16.1 Å². The van der Waals surface area contributed by atoms with Crippen molar-refractivity contribution in [1.29, 1.82) is 0 Å². The van der Waals surface area contributed by atoms with Gasteiger partial charge in [-0.15, -0.1) is 0 Å². The van der Waals surface area contributed by atoms with Gasteiger partial charge in [0.25, 0.3) is 5.91 Å². The Morgan fingerprint density at radius 2 is 1.61 bits per heavy atom. The van der Waals surface area contributed by atoms with Gasteiger partial charge in [0.05, 0.1) is 22.8 Å². The summed E-state index contributed by atoms with van der Waals surface area (Å²) in [5, 5.41) is 6.21. The smallest absolute Gasteiger partial charge is 0.328 e. The lowest BCUT2D eigenvalue weighted by atomic mass is 10.1. The van der Waals surface area contributed by atoms with Crippen LogP contribution in [0, 0.1) is 13.8 Å². The number of hydrogen-bond acceptors (Lipinski definition) is 4. The number of methoxy groups -OCH3 is 1. The number of benzene rings is 3. The molecule has 184 valence electrons. The fraction of sp³-hybridized carbons (Fsp3) is 0.115. The molecule has 0 unspecified atom stereocenters. The van der Waals surface area contributed by atoms with Crippen LogP contribution in [-0.4, -0.2) is 29.5 Å². The molecule has 3 N–H and O–H groups in total. The SMILES string of the molecule is COc1cccc2cc(C(=O)Nc3ccc(C)c(C)c3)n(NC(=O)C(=O)Nc3cccc(Cl)c3Cl)c12. The minimum atomic E-state index is -1.03. The normalized spacial score (nSPS) is 10.7. The highest BCUT2D eigenvalue weighted by atomic mass is 35.5. The summed E-state index contributed by atoms with van der Waals surface area (Å²) in [6.07, 6.45) is 0. The van der Waals surface area contributed by atoms with E-state index in [1.165, 1.54) is 17.9 Å². The number of nitrogens with zero attached hydrogens (tertiary/aromatic N) is 1. The third kappa shape index (κ3) is 5.00. The molecule has 0 aliphatic heterocycles. The van der Waals surface area contributed by atoms with E-state index in [9.17, 15) is 14.4 Å². The van der Waals surface area contributed by atoms with Gasteiger partial charge in [-0.05, 0) is 61.4 Å². The zero-order chi connectivity index (χ0) is 26.0. The first-order valence-electron chi connectivity index (χ1n) is 10.8. The number of nitrogens with one attached hydrogen (secondary N) is 3. The number of para-hydroxylation sites is 1. The minimum Gasteiger partial charge on any atom is -0.494 e. The van der Waals surface area contributed by atoms with Gasteiger partial charge < -0.3 is 15.4 Å². The van der Waals surface area contributed by atoms with Crippen LogP contribution in [0.5, 0.6) is 5.75 Å². The first-order valence-corrected chi connectivity index (χ1v) is 11.6. The minimum absolute atomic E-state index is 0.0923. The Morgan fingerprint density at radius 1 is 0.861 bits per heavy atom. The molecule has 1 heterocycles. The molecule has 4 aromatic rings. The highest BCUT2D eigenvalue weighted by Gasteiger charge is 2.23. The maximum atomic E-state index is 13.3. The van der Waals surface area contributed by atoms with Crippen molar-refractivity contribution in [3.8, 4) is 5.75 Å². The average Bonchev–Trinajstić information content (AvgIpc) is 3.23. The number of halogens is 2. The van der Waals surface area contributed by atoms with Crippen molar-refractivity contribution in [1.82, 2.24) is 4.68 Å². The van der Waals surface area contributed by atoms with Crippen molar-refractivity contribution in [2.75, 3.05) is 23.2 Å². The predicted octanol–water partition coefficient (Wildman–Crippen LogP) is 5.53. The van der Waals surface area contributed by atoms with E-state index in [0.717, 1.165) is 11.1 Å². The number of aromatic nitrogens is 1. The number of carbonyl (C=O) groups excluding carboxylic acids is 3. The van der Waals surface area contributed by atoms with E-state index in [0.29, 0.717) is 22.3 Å². The molecular weight excluding hydrogens is 503 g/mol. The molecule has 0 bridgehead atoms. The molecule has 3 aromatic carbocycles. The Balaban J connectivity index is 1.68. The van der Waals surface area contributed by atoms with Crippen molar-refractivity contribution in [2.45, 2.75) is 13.8 Å². The van der Waals surface area contributed by atoms with E-state index in [1.807, 2.05) is 26.0 Å². The molecule has 0 aliphatic carbocycles. The van der Waals surface area contributed by atoms with Crippen LogP contribution in [0.2, 0.25) is 10.0 Å². The topological polar surface area (TPSA) is 101 Å². The molecule has 8 nitrogen and oxygen atoms in total. The zero-order valence-electron chi connectivity index (χ0n) is 19.6. The highest BCUT2D eigenvalue weighted by molar-refractivity contribution is 6.46. The summed E-state index contributed by atoms with van der Waals surface area (Å²) in [6, 6.07) is 17.0. The Kier molecular flexibility index (Phi) is 7.19. The number of rotatable bonds is 5. The number of carbonyl (C=O) groups is 3. The summed E-state index contributed by atoms with van der Waals surface area (Å²) in [6.45, 7) is 3.92. The second kappa shape index (κ2) is 10.3. The maximum absolute atomic E-state index is 13.3. The van der Waals surface area contributed by atoms with Crippen molar-refractivity contribution in [2.24, 2.45) is 0 Å². The molecule has 10 heteroatoms. The molecule has 0 aliphatic rings. The molecule has 0 fully saturated rings. The molecule has 0 spiro atoms. The lowest BCUT2D eigenvalue weighted by molar-refractivity contribution is -0.133. The molecule has 3 amide bonds. The summed E-state index contributed by atoms with van der Waals surface area (Å²) >= 11 is 12.1. The molecule has 36 heavy (non-hydrogen) atoms. The summed E-state index contributed by atoms with van der Waals surface area (Å²) in [5.41, 5.74) is 5.86. The number of aryl methyl sites for hydroxylation is 2. The fourth-order valence-electron chi connectivity index (χ4n) is 3.62. The van der Waals surface area contributed by atoms with Gasteiger partial charge in [-0.1, -0.05) is 47.5 Å². The first kappa shape index (κ1) is 25.1. The van der Waals surface area contributed by atoms with Gasteiger partial charge in [-0.2, -0.15) is 0 Å². The van der Waals surface area contributed by atoms with Crippen molar-refractivity contribution < 1.29 is 19.1 Å². The van der Waals surface area contributed by atoms with Crippen LogP contribution in [0.25, 0.3) is 10.9 Å². The predicted molar refractivity (Wildman–Crippen MR) is 142 cm³/mol. The summed E-state index contributed by atoms with van der Waals surface area (Å²) in [5.74, 6) is -2.13. The third-order valence-corrected chi connectivity index (χ3v) is 6.44. The van der Waals surface area contributed by atoms with Gasteiger partial charge in [0.1, 0.15) is 17.0 Å². The first-order chi connectivity index (χ1) is 17.2. The lowest BCUT2D eigenvalue weighted by Crippen LogP contribution is -2.36. The summed E-state index contributed by atoms with van der Waals surface area (Å²) in [7, 11) is 1.47.